The lowest BCUT2D eigenvalue weighted by molar-refractivity contribution is 0.275. The molecule has 0 aliphatic heterocycles. The van der Waals surface area contributed by atoms with Gasteiger partial charge < -0.3 is 10.4 Å². The van der Waals surface area contributed by atoms with Crippen molar-refractivity contribution < 1.29 is 9.50 Å². The molecule has 1 saturated carbocycles. The lowest BCUT2D eigenvalue weighted by Gasteiger charge is -2.13. The molecule has 5 nitrogen and oxygen atoms in total. The van der Waals surface area contributed by atoms with Crippen LogP contribution in [0.2, 0.25) is 5.02 Å². The highest BCUT2D eigenvalue weighted by Gasteiger charge is 2.22. The van der Waals surface area contributed by atoms with E-state index in [2.05, 4.69) is 15.4 Å². The molecule has 23 heavy (non-hydrogen) atoms. The highest BCUT2D eigenvalue weighted by atomic mass is 35.5. The Balaban J connectivity index is 1.97. The van der Waals surface area contributed by atoms with E-state index in [1.807, 2.05) is 0 Å². The molecule has 1 aliphatic rings. The summed E-state index contributed by atoms with van der Waals surface area (Å²) in [6.45, 7) is 0.488. The van der Waals surface area contributed by atoms with Crippen LogP contribution in [0.25, 0.3) is 11.1 Å². The van der Waals surface area contributed by atoms with Crippen LogP contribution in [-0.4, -0.2) is 16.6 Å². The number of halogens is 2. The normalized spacial score (nSPS) is 13.9. The molecule has 0 saturated heterocycles. The van der Waals surface area contributed by atoms with Gasteiger partial charge in [-0.3, -0.25) is 0 Å². The zero-order valence-electron chi connectivity index (χ0n) is 12.3. The predicted octanol–water partition coefficient (Wildman–Crippen LogP) is 4.52. The van der Waals surface area contributed by atoms with Crippen molar-refractivity contribution in [3.63, 3.8) is 0 Å². The molecule has 1 aromatic carbocycles. The number of nitrogens with one attached hydrogen (secondary N) is 2. The van der Waals surface area contributed by atoms with E-state index in [-0.39, 0.29) is 28.6 Å². The number of hydrogen-bond donors (Lipinski definition) is 3. The summed E-state index contributed by atoms with van der Waals surface area (Å²) in [5.74, 6) is -0.0484. The Bertz CT molecular complexity index is 749. The fraction of sp³-hybridized carbons (Fsp3) is 0.312. The lowest BCUT2D eigenvalue weighted by Crippen LogP contribution is -2.03. The summed E-state index contributed by atoms with van der Waals surface area (Å²) >= 11 is 6.33. The van der Waals surface area contributed by atoms with Gasteiger partial charge in [0.1, 0.15) is 5.69 Å². The number of hydrogen-bond acceptors (Lipinski definition) is 5. The van der Waals surface area contributed by atoms with E-state index < -0.39 is 5.95 Å². The van der Waals surface area contributed by atoms with Gasteiger partial charge in [-0.2, -0.15) is 9.50 Å². The molecule has 7 heteroatoms. The third-order valence-corrected chi connectivity index (χ3v) is 4.25. The van der Waals surface area contributed by atoms with Crippen molar-refractivity contribution in [3.05, 3.63) is 40.9 Å². The molecule has 1 aliphatic carbocycles. The van der Waals surface area contributed by atoms with Crippen molar-refractivity contribution in [1.82, 2.24) is 4.98 Å². The summed E-state index contributed by atoms with van der Waals surface area (Å²) in [5.41, 5.74) is 9.20. The Morgan fingerprint density at radius 3 is 2.65 bits per heavy atom. The molecule has 120 valence electrons. The topological polar surface area (TPSA) is 81.4 Å². The monoisotopic (exact) mass is 334 g/mol. The zero-order valence-corrected chi connectivity index (χ0v) is 13.1. The van der Waals surface area contributed by atoms with Gasteiger partial charge in [-0.05, 0) is 37.0 Å². The van der Waals surface area contributed by atoms with Gasteiger partial charge in [0, 0.05) is 17.7 Å². The molecule has 0 radical (unpaired) electrons. The molecule has 0 spiro atoms. The minimum absolute atomic E-state index is 0.207. The van der Waals surface area contributed by atoms with Crippen molar-refractivity contribution in [1.29, 1.82) is 5.53 Å². The summed E-state index contributed by atoms with van der Waals surface area (Å²) < 4.78 is 14.1. The maximum Gasteiger partial charge on any atom is 0.221 e. The second-order valence-corrected chi connectivity index (χ2v) is 5.94. The minimum atomic E-state index is -0.715. The maximum atomic E-state index is 14.1. The molecule has 1 heterocycles. The number of pyridine rings is 1. The molecule has 0 atom stereocenters. The fourth-order valence-corrected chi connectivity index (χ4v) is 2.67. The Kier molecular flexibility index (Phi) is 4.54. The van der Waals surface area contributed by atoms with Crippen molar-refractivity contribution in [2.75, 3.05) is 11.9 Å². The van der Waals surface area contributed by atoms with E-state index >= 15 is 0 Å². The first-order chi connectivity index (χ1) is 11.1. The first kappa shape index (κ1) is 15.8. The molecule has 3 rings (SSSR count). The van der Waals surface area contributed by atoms with Crippen LogP contribution < -0.4 is 5.32 Å². The summed E-state index contributed by atoms with van der Waals surface area (Å²) in [6, 6.07) is 6.48. The van der Waals surface area contributed by atoms with E-state index in [1.165, 1.54) is 25.0 Å². The second kappa shape index (κ2) is 6.60. The van der Waals surface area contributed by atoms with Crippen LogP contribution in [0.1, 0.15) is 18.5 Å². The number of aliphatic hydroxyl groups is 1. The van der Waals surface area contributed by atoms with Crippen molar-refractivity contribution in [2.24, 2.45) is 11.0 Å². The highest BCUT2D eigenvalue weighted by molar-refractivity contribution is 6.36. The average Bonchev–Trinajstić information content (AvgIpc) is 3.37. The van der Waals surface area contributed by atoms with Crippen LogP contribution in [0.4, 0.5) is 15.8 Å². The summed E-state index contributed by atoms with van der Waals surface area (Å²) in [4.78, 5) is 3.69. The first-order valence-electron chi connectivity index (χ1n) is 7.34. The third-order valence-electron chi connectivity index (χ3n) is 3.86. The van der Waals surface area contributed by atoms with Gasteiger partial charge in [-0.15, -0.1) is 0 Å². The van der Waals surface area contributed by atoms with Crippen LogP contribution in [0.15, 0.2) is 29.4 Å². The predicted molar refractivity (Wildman–Crippen MR) is 86.6 cm³/mol. The van der Waals surface area contributed by atoms with Gasteiger partial charge in [-0.1, -0.05) is 17.7 Å². The number of rotatable bonds is 6. The van der Waals surface area contributed by atoms with Crippen LogP contribution in [-0.2, 0) is 6.61 Å². The molecule has 0 unspecified atom stereocenters. The van der Waals surface area contributed by atoms with E-state index in [0.29, 0.717) is 17.2 Å². The molecule has 3 N–H and O–H groups in total. The molecule has 0 amide bonds. The van der Waals surface area contributed by atoms with Gasteiger partial charge in [0.25, 0.3) is 0 Å². The number of benzene rings is 1. The molecule has 1 fully saturated rings. The second-order valence-electron chi connectivity index (χ2n) is 5.56. The minimum Gasteiger partial charge on any atom is -0.390 e. The quantitative estimate of drug-likeness (QED) is 0.536. The molecule has 2 aromatic rings. The van der Waals surface area contributed by atoms with Crippen molar-refractivity contribution in [3.8, 4) is 11.1 Å². The zero-order chi connectivity index (χ0) is 16.4. The number of anilines is 1. The SMILES string of the molecule is N=Nc1c(NCC2CC2)ccc(-c2ccc(CO)nc2F)c1Cl. The van der Waals surface area contributed by atoms with Gasteiger partial charge in [-0.25, -0.2) is 10.5 Å². The Hall–Kier alpha value is -2.05. The maximum absolute atomic E-state index is 14.1. The Labute approximate surface area is 138 Å². The van der Waals surface area contributed by atoms with E-state index in [0.717, 1.165) is 6.54 Å². The van der Waals surface area contributed by atoms with Crippen LogP contribution in [0, 0.1) is 17.4 Å². The fourth-order valence-electron chi connectivity index (χ4n) is 2.36. The smallest absolute Gasteiger partial charge is 0.221 e. The molecule has 0 bridgehead atoms. The van der Waals surface area contributed by atoms with Crippen molar-refractivity contribution in [2.45, 2.75) is 19.4 Å². The molecular weight excluding hydrogens is 319 g/mol. The Morgan fingerprint density at radius 1 is 1.30 bits per heavy atom. The lowest BCUT2D eigenvalue weighted by atomic mass is 10.0. The van der Waals surface area contributed by atoms with Crippen LogP contribution in [0.5, 0.6) is 0 Å². The summed E-state index contributed by atoms with van der Waals surface area (Å²) in [7, 11) is 0. The standard InChI is InChI=1S/C16H16ClFN4O/c17-14-11(12-4-3-10(8-23)21-16(12)18)5-6-13(15(14)22-19)20-7-9-1-2-9/h3-6,9,19-20,23H,1-2,7-8H2. The van der Waals surface area contributed by atoms with Crippen LogP contribution >= 0.6 is 11.6 Å². The van der Waals surface area contributed by atoms with Crippen molar-refractivity contribution >= 4 is 23.0 Å². The largest absolute Gasteiger partial charge is 0.390 e. The molecular formula is C16H16ClFN4O. The van der Waals surface area contributed by atoms with Gasteiger partial charge in [0.15, 0.2) is 0 Å². The average molecular weight is 335 g/mol. The van der Waals surface area contributed by atoms with E-state index in [1.54, 1.807) is 12.1 Å². The Morgan fingerprint density at radius 2 is 2.04 bits per heavy atom. The number of aliphatic hydroxyl groups excluding tert-OH is 1. The third kappa shape index (κ3) is 3.33. The first-order valence-corrected chi connectivity index (χ1v) is 7.72. The van der Waals surface area contributed by atoms with Gasteiger partial charge >= 0.3 is 0 Å². The number of aromatic nitrogens is 1. The molecule has 1 aromatic heterocycles. The van der Waals surface area contributed by atoms with E-state index in [4.69, 9.17) is 22.2 Å². The summed E-state index contributed by atoms with van der Waals surface area (Å²) in [6.07, 6.45) is 2.42. The van der Waals surface area contributed by atoms with Gasteiger partial charge in [0.2, 0.25) is 5.95 Å². The van der Waals surface area contributed by atoms with Gasteiger partial charge in [0.05, 0.1) is 23.0 Å². The number of nitrogens with zero attached hydrogens (tertiary/aromatic N) is 2. The van der Waals surface area contributed by atoms with Crippen LogP contribution in [0.3, 0.4) is 0 Å². The van der Waals surface area contributed by atoms with E-state index in [9.17, 15) is 4.39 Å². The summed E-state index contributed by atoms with van der Waals surface area (Å²) in [5, 5.41) is 15.9. The highest BCUT2D eigenvalue weighted by Crippen LogP contribution is 2.42.